The number of carbonyl (C=O) groups excluding carboxylic acids is 2. The number of amides is 2. The number of piperidine rings is 1. The molecule has 2 aromatic carbocycles. The Morgan fingerprint density at radius 2 is 1.57 bits per heavy atom. The molecular weight excluding hydrogens is 374 g/mol. The summed E-state index contributed by atoms with van der Waals surface area (Å²) in [5, 5.41) is 2.95. The highest BCUT2D eigenvalue weighted by Crippen LogP contribution is 2.27. The first-order valence-electron chi connectivity index (χ1n) is 10.7. The minimum atomic E-state index is -0.176. The van der Waals surface area contributed by atoms with E-state index in [1.165, 1.54) is 12.0 Å². The molecule has 30 heavy (non-hydrogen) atoms. The van der Waals surface area contributed by atoms with Crippen LogP contribution >= 0.6 is 0 Å². The van der Waals surface area contributed by atoms with E-state index in [1.54, 1.807) is 6.07 Å². The normalized spacial score (nSPS) is 14.4. The van der Waals surface area contributed by atoms with E-state index in [4.69, 9.17) is 0 Å². The Labute approximate surface area is 180 Å². The van der Waals surface area contributed by atoms with E-state index in [2.05, 4.69) is 26.1 Å². The van der Waals surface area contributed by atoms with Crippen LogP contribution in [0, 0.1) is 0 Å². The number of carbonyl (C=O) groups is 2. The number of likely N-dealkylation sites (tertiary alicyclic amines) is 1. The van der Waals surface area contributed by atoms with E-state index in [-0.39, 0.29) is 17.2 Å². The van der Waals surface area contributed by atoms with E-state index < -0.39 is 0 Å². The summed E-state index contributed by atoms with van der Waals surface area (Å²) in [6, 6.07) is 13.2. The van der Waals surface area contributed by atoms with E-state index >= 15 is 0 Å². The largest absolute Gasteiger partial charge is 0.377 e. The summed E-state index contributed by atoms with van der Waals surface area (Å²) < 4.78 is 0. The van der Waals surface area contributed by atoms with Crippen molar-refractivity contribution in [1.82, 2.24) is 4.90 Å². The first kappa shape index (κ1) is 21.9. The maximum absolute atomic E-state index is 13.2. The average molecular weight is 408 g/mol. The van der Waals surface area contributed by atoms with Crippen molar-refractivity contribution in [3.05, 3.63) is 59.2 Å². The number of nitrogens with zero attached hydrogens (tertiary/aromatic N) is 2. The highest BCUT2D eigenvalue weighted by atomic mass is 16.2. The molecule has 1 aliphatic heterocycles. The molecule has 2 amide bonds. The number of hydrogen-bond donors (Lipinski definition) is 1. The molecule has 0 spiro atoms. The Kier molecular flexibility index (Phi) is 6.49. The molecule has 0 bridgehead atoms. The van der Waals surface area contributed by atoms with Gasteiger partial charge in [0.1, 0.15) is 0 Å². The van der Waals surface area contributed by atoms with Gasteiger partial charge in [0.25, 0.3) is 11.8 Å². The second-order valence-corrected chi connectivity index (χ2v) is 9.26. The van der Waals surface area contributed by atoms with Crippen molar-refractivity contribution < 1.29 is 9.59 Å². The number of nitrogens with one attached hydrogen (secondary N) is 1. The van der Waals surface area contributed by atoms with Gasteiger partial charge in [-0.2, -0.15) is 0 Å². The third-order valence-corrected chi connectivity index (χ3v) is 5.62. The summed E-state index contributed by atoms with van der Waals surface area (Å²) >= 11 is 0. The molecule has 0 atom stereocenters. The highest BCUT2D eigenvalue weighted by Gasteiger charge is 2.22. The molecule has 1 fully saturated rings. The molecule has 1 aliphatic rings. The molecular formula is C25H33N3O2. The van der Waals surface area contributed by atoms with Crippen LogP contribution in [0.1, 0.15) is 66.3 Å². The van der Waals surface area contributed by atoms with Gasteiger partial charge in [-0.05, 0) is 60.6 Å². The quantitative estimate of drug-likeness (QED) is 0.782. The lowest BCUT2D eigenvalue weighted by Gasteiger charge is -2.28. The van der Waals surface area contributed by atoms with Gasteiger partial charge in [-0.15, -0.1) is 0 Å². The zero-order valence-electron chi connectivity index (χ0n) is 18.8. The van der Waals surface area contributed by atoms with Gasteiger partial charge in [-0.3, -0.25) is 9.59 Å². The Morgan fingerprint density at radius 3 is 2.13 bits per heavy atom. The Hall–Kier alpha value is -2.82. The Morgan fingerprint density at radius 1 is 0.933 bits per heavy atom. The average Bonchev–Trinajstić information content (AvgIpc) is 2.73. The fourth-order valence-corrected chi connectivity index (χ4v) is 3.77. The van der Waals surface area contributed by atoms with Crippen LogP contribution in [0.4, 0.5) is 11.4 Å². The van der Waals surface area contributed by atoms with Gasteiger partial charge in [0.2, 0.25) is 0 Å². The lowest BCUT2D eigenvalue weighted by atomic mass is 9.87. The SMILES string of the molecule is CN(C)c1ccc(NC(=O)c2ccc(C(C)(C)C)cc2)cc1C(=O)N1CCCCC1. The van der Waals surface area contributed by atoms with Gasteiger partial charge in [-0.25, -0.2) is 0 Å². The second-order valence-electron chi connectivity index (χ2n) is 9.26. The summed E-state index contributed by atoms with van der Waals surface area (Å²) in [5.74, 6) is -0.145. The van der Waals surface area contributed by atoms with Crippen LogP contribution in [-0.4, -0.2) is 43.9 Å². The second kappa shape index (κ2) is 8.90. The maximum atomic E-state index is 13.2. The lowest BCUT2D eigenvalue weighted by Crippen LogP contribution is -2.36. The minimum absolute atomic E-state index is 0.0315. The highest BCUT2D eigenvalue weighted by molar-refractivity contribution is 6.06. The van der Waals surface area contributed by atoms with Crippen molar-refractivity contribution in [1.29, 1.82) is 0 Å². The predicted molar refractivity (Wildman–Crippen MR) is 124 cm³/mol. The van der Waals surface area contributed by atoms with Gasteiger partial charge < -0.3 is 15.1 Å². The van der Waals surface area contributed by atoms with Crippen LogP contribution in [0.15, 0.2) is 42.5 Å². The fourth-order valence-electron chi connectivity index (χ4n) is 3.77. The number of benzene rings is 2. The molecule has 0 aliphatic carbocycles. The molecule has 0 unspecified atom stereocenters. The minimum Gasteiger partial charge on any atom is -0.377 e. The van der Waals surface area contributed by atoms with E-state index in [0.717, 1.165) is 31.6 Å². The third kappa shape index (κ3) is 5.02. The molecule has 0 radical (unpaired) electrons. The Balaban J connectivity index is 1.82. The number of rotatable bonds is 4. The molecule has 1 N–H and O–H groups in total. The van der Waals surface area contributed by atoms with Crippen molar-refractivity contribution in [2.45, 2.75) is 45.4 Å². The number of anilines is 2. The first-order chi connectivity index (χ1) is 14.2. The summed E-state index contributed by atoms with van der Waals surface area (Å²) in [7, 11) is 3.86. The Bertz CT molecular complexity index is 905. The van der Waals surface area contributed by atoms with Crippen molar-refractivity contribution >= 4 is 23.2 Å². The summed E-state index contributed by atoms with van der Waals surface area (Å²) in [6.07, 6.45) is 3.27. The lowest BCUT2D eigenvalue weighted by molar-refractivity contribution is 0.0724. The van der Waals surface area contributed by atoms with Crippen molar-refractivity contribution in [2.75, 3.05) is 37.4 Å². The monoisotopic (exact) mass is 407 g/mol. The van der Waals surface area contributed by atoms with Crippen LogP contribution < -0.4 is 10.2 Å². The summed E-state index contributed by atoms with van der Waals surface area (Å²) in [5.41, 5.74) is 3.94. The van der Waals surface area contributed by atoms with Gasteiger partial charge in [-0.1, -0.05) is 32.9 Å². The van der Waals surface area contributed by atoms with Crippen LogP contribution in [0.3, 0.4) is 0 Å². The molecule has 1 heterocycles. The van der Waals surface area contributed by atoms with Gasteiger partial charge in [0, 0.05) is 44.1 Å². The third-order valence-electron chi connectivity index (χ3n) is 5.62. The standard InChI is InChI=1S/C25H33N3O2/c1-25(2,3)19-11-9-18(10-12-19)23(29)26-20-13-14-22(27(4)5)21(17-20)24(30)28-15-7-6-8-16-28/h9-14,17H,6-8,15-16H2,1-5H3,(H,26,29). The molecule has 0 saturated carbocycles. The maximum Gasteiger partial charge on any atom is 0.256 e. The fraction of sp³-hybridized carbons (Fsp3) is 0.440. The van der Waals surface area contributed by atoms with Crippen LogP contribution in [-0.2, 0) is 5.41 Å². The molecule has 3 rings (SSSR count). The zero-order chi connectivity index (χ0) is 21.9. The van der Waals surface area contributed by atoms with Crippen LogP contribution in [0.25, 0.3) is 0 Å². The molecule has 5 nitrogen and oxygen atoms in total. The molecule has 1 saturated heterocycles. The van der Waals surface area contributed by atoms with Crippen molar-refractivity contribution in [3.8, 4) is 0 Å². The van der Waals surface area contributed by atoms with Gasteiger partial charge in [0.15, 0.2) is 0 Å². The van der Waals surface area contributed by atoms with Crippen LogP contribution in [0.2, 0.25) is 0 Å². The zero-order valence-corrected chi connectivity index (χ0v) is 18.8. The summed E-state index contributed by atoms with van der Waals surface area (Å²) in [6.45, 7) is 8.03. The topological polar surface area (TPSA) is 52.7 Å². The van der Waals surface area contributed by atoms with Crippen LogP contribution in [0.5, 0.6) is 0 Å². The molecule has 0 aromatic heterocycles. The van der Waals surface area contributed by atoms with Crippen molar-refractivity contribution in [2.24, 2.45) is 0 Å². The predicted octanol–water partition coefficient (Wildman–Crippen LogP) is 4.93. The van der Waals surface area contributed by atoms with E-state index in [1.807, 2.05) is 60.3 Å². The first-order valence-corrected chi connectivity index (χ1v) is 10.7. The van der Waals surface area contributed by atoms with Gasteiger partial charge in [0.05, 0.1) is 5.56 Å². The number of hydrogen-bond acceptors (Lipinski definition) is 3. The van der Waals surface area contributed by atoms with E-state index in [9.17, 15) is 9.59 Å². The molecule has 160 valence electrons. The molecule has 5 heteroatoms. The smallest absolute Gasteiger partial charge is 0.256 e. The summed E-state index contributed by atoms with van der Waals surface area (Å²) in [4.78, 5) is 29.8. The van der Waals surface area contributed by atoms with Crippen molar-refractivity contribution in [3.63, 3.8) is 0 Å². The van der Waals surface area contributed by atoms with Gasteiger partial charge >= 0.3 is 0 Å². The van der Waals surface area contributed by atoms with E-state index in [0.29, 0.717) is 16.8 Å². The molecule has 2 aromatic rings.